The van der Waals surface area contributed by atoms with E-state index in [4.69, 9.17) is 16.3 Å². The van der Waals surface area contributed by atoms with E-state index in [9.17, 15) is 4.79 Å². The first kappa shape index (κ1) is 12.5. The van der Waals surface area contributed by atoms with Crippen LogP contribution in [0.5, 0.6) is 0 Å². The standard InChI is InChI=1S/C11H16N4O/c12-5-1-7-15(8-2-6-13)10(16)11(9-14)3-4-11/h1-4,7-9,14H2. The van der Waals surface area contributed by atoms with Crippen LogP contribution in [-0.4, -0.2) is 30.4 Å². The van der Waals surface area contributed by atoms with E-state index in [-0.39, 0.29) is 11.3 Å². The molecule has 0 radical (unpaired) electrons. The average molecular weight is 220 g/mol. The van der Waals surface area contributed by atoms with Crippen LogP contribution in [0.15, 0.2) is 0 Å². The summed E-state index contributed by atoms with van der Waals surface area (Å²) in [6.45, 7) is 1.17. The third-order valence-corrected chi connectivity index (χ3v) is 2.97. The lowest BCUT2D eigenvalue weighted by atomic mass is 10.1. The van der Waals surface area contributed by atoms with E-state index in [0.29, 0.717) is 32.5 Å². The summed E-state index contributed by atoms with van der Waals surface area (Å²) < 4.78 is 0. The van der Waals surface area contributed by atoms with Crippen LogP contribution in [0.3, 0.4) is 0 Å². The van der Waals surface area contributed by atoms with Crippen molar-refractivity contribution in [2.75, 3.05) is 19.6 Å². The summed E-state index contributed by atoms with van der Waals surface area (Å²) in [6, 6.07) is 4.02. The lowest BCUT2D eigenvalue weighted by molar-refractivity contribution is -0.136. The molecule has 1 rings (SSSR count). The largest absolute Gasteiger partial charge is 0.340 e. The summed E-state index contributed by atoms with van der Waals surface area (Å²) in [5, 5.41) is 17.0. The Morgan fingerprint density at radius 1 is 1.25 bits per heavy atom. The first-order valence-electron chi connectivity index (χ1n) is 5.43. The molecule has 0 aromatic rings. The van der Waals surface area contributed by atoms with Gasteiger partial charge in [0.2, 0.25) is 5.91 Å². The molecule has 0 heterocycles. The second kappa shape index (κ2) is 5.48. The fourth-order valence-corrected chi connectivity index (χ4v) is 1.68. The lowest BCUT2D eigenvalue weighted by Gasteiger charge is -2.25. The Balaban J connectivity index is 2.58. The minimum atomic E-state index is -0.384. The highest BCUT2D eigenvalue weighted by molar-refractivity contribution is 5.85. The Morgan fingerprint density at radius 3 is 2.06 bits per heavy atom. The Hall–Kier alpha value is -1.59. The van der Waals surface area contributed by atoms with Crippen LogP contribution in [0, 0.1) is 28.1 Å². The SMILES string of the molecule is N#CCCN(CCC#N)C(=O)C1(CN)CC1. The minimum absolute atomic E-state index is 0.0144. The van der Waals surface area contributed by atoms with E-state index < -0.39 is 0 Å². The normalized spacial score (nSPS) is 15.9. The Bertz CT molecular complexity index is 317. The molecule has 2 N–H and O–H groups in total. The second-order valence-electron chi connectivity index (χ2n) is 4.09. The first-order valence-corrected chi connectivity index (χ1v) is 5.43. The average Bonchev–Trinajstić information content (AvgIpc) is 3.09. The van der Waals surface area contributed by atoms with Gasteiger partial charge >= 0.3 is 0 Å². The summed E-state index contributed by atoms with van der Waals surface area (Å²) in [7, 11) is 0. The Kier molecular flexibility index (Phi) is 4.28. The molecule has 5 heteroatoms. The molecule has 0 bridgehead atoms. The van der Waals surface area contributed by atoms with Crippen LogP contribution in [-0.2, 0) is 4.79 Å². The van der Waals surface area contributed by atoms with Crippen LogP contribution < -0.4 is 5.73 Å². The molecule has 0 aliphatic heterocycles. The number of nitrogens with zero attached hydrogens (tertiary/aromatic N) is 3. The summed E-state index contributed by atoms with van der Waals surface area (Å²) in [5.41, 5.74) is 5.20. The molecule has 0 aromatic heterocycles. The first-order chi connectivity index (χ1) is 7.70. The molecule has 0 spiro atoms. The van der Waals surface area contributed by atoms with Gasteiger partial charge in [-0.1, -0.05) is 0 Å². The molecule has 0 saturated heterocycles. The number of hydrogen-bond acceptors (Lipinski definition) is 4. The number of carbonyl (C=O) groups excluding carboxylic acids is 1. The van der Waals surface area contributed by atoms with Crippen molar-refractivity contribution in [3.8, 4) is 12.1 Å². The third-order valence-electron chi connectivity index (χ3n) is 2.97. The number of rotatable bonds is 6. The topological polar surface area (TPSA) is 93.9 Å². The number of nitrogens with two attached hydrogens (primary N) is 1. The van der Waals surface area contributed by atoms with Crippen molar-refractivity contribution >= 4 is 5.91 Å². The molecule has 0 aromatic carbocycles. The molecule has 5 nitrogen and oxygen atoms in total. The molecule has 1 amide bonds. The van der Waals surface area contributed by atoms with Gasteiger partial charge in [-0.25, -0.2) is 0 Å². The van der Waals surface area contributed by atoms with Gasteiger partial charge in [0.1, 0.15) is 0 Å². The third kappa shape index (κ3) is 2.71. The highest BCUT2D eigenvalue weighted by Crippen LogP contribution is 2.46. The predicted octanol–water partition coefficient (Wildman–Crippen LogP) is 0.381. The van der Waals surface area contributed by atoms with Crippen LogP contribution in [0.1, 0.15) is 25.7 Å². The summed E-state index contributed by atoms with van der Waals surface area (Å²) in [4.78, 5) is 13.7. The van der Waals surface area contributed by atoms with Gasteiger partial charge in [-0.3, -0.25) is 4.79 Å². The van der Waals surface area contributed by atoms with Gasteiger partial charge in [-0.05, 0) is 12.8 Å². The summed E-state index contributed by atoms with van der Waals surface area (Å²) >= 11 is 0. The fourth-order valence-electron chi connectivity index (χ4n) is 1.68. The number of amides is 1. The zero-order valence-electron chi connectivity index (χ0n) is 9.28. The van der Waals surface area contributed by atoms with Gasteiger partial charge < -0.3 is 10.6 Å². The smallest absolute Gasteiger partial charge is 0.230 e. The van der Waals surface area contributed by atoms with E-state index in [0.717, 1.165) is 12.8 Å². The maximum absolute atomic E-state index is 12.1. The van der Waals surface area contributed by atoms with Crippen molar-refractivity contribution in [1.82, 2.24) is 4.90 Å². The molecule has 1 saturated carbocycles. The highest BCUT2D eigenvalue weighted by atomic mass is 16.2. The monoisotopic (exact) mass is 220 g/mol. The maximum atomic E-state index is 12.1. The van der Waals surface area contributed by atoms with Gasteiger partial charge in [0.25, 0.3) is 0 Å². The van der Waals surface area contributed by atoms with Crippen molar-refractivity contribution in [3.63, 3.8) is 0 Å². The summed E-state index contributed by atoms with van der Waals surface area (Å²) in [6.07, 6.45) is 2.27. The van der Waals surface area contributed by atoms with Crippen molar-refractivity contribution < 1.29 is 4.79 Å². The van der Waals surface area contributed by atoms with Gasteiger partial charge in [0, 0.05) is 19.6 Å². The molecule has 0 atom stereocenters. The number of nitriles is 2. The molecule has 1 aliphatic rings. The number of carbonyl (C=O) groups is 1. The molecular weight excluding hydrogens is 204 g/mol. The second-order valence-corrected chi connectivity index (χ2v) is 4.09. The van der Waals surface area contributed by atoms with Crippen molar-refractivity contribution in [2.45, 2.75) is 25.7 Å². The number of hydrogen-bond donors (Lipinski definition) is 1. The molecule has 86 valence electrons. The molecule has 1 fully saturated rings. The van der Waals surface area contributed by atoms with Crippen LogP contribution in [0.25, 0.3) is 0 Å². The highest BCUT2D eigenvalue weighted by Gasteiger charge is 2.50. The van der Waals surface area contributed by atoms with E-state index >= 15 is 0 Å². The quantitative estimate of drug-likeness (QED) is 0.700. The van der Waals surface area contributed by atoms with E-state index in [2.05, 4.69) is 0 Å². The van der Waals surface area contributed by atoms with Gasteiger partial charge in [0.05, 0.1) is 30.4 Å². The van der Waals surface area contributed by atoms with Gasteiger partial charge in [-0.15, -0.1) is 0 Å². The minimum Gasteiger partial charge on any atom is -0.340 e. The van der Waals surface area contributed by atoms with Crippen LogP contribution in [0.4, 0.5) is 0 Å². The molecule has 16 heavy (non-hydrogen) atoms. The van der Waals surface area contributed by atoms with Crippen LogP contribution in [0.2, 0.25) is 0 Å². The lowest BCUT2D eigenvalue weighted by Crippen LogP contribution is -2.41. The zero-order valence-corrected chi connectivity index (χ0v) is 9.28. The van der Waals surface area contributed by atoms with E-state index in [1.165, 1.54) is 0 Å². The van der Waals surface area contributed by atoms with Gasteiger partial charge in [-0.2, -0.15) is 10.5 Å². The van der Waals surface area contributed by atoms with Crippen molar-refractivity contribution in [1.29, 1.82) is 10.5 Å². The van der Waals surface area contributed by atoms with E-state index in [1.54, 1.807) is 4.90 Å². The molecule has 0 unspecified atom stereocenters. The van der Waals surface area contributed by atoms with Crippen molar-refractivity contribution in [2.24, 2.45) is 11.1 Å². The van der Waals surface area contributed by atoms with Gasteiger partial charge in [0.15, 0.2) is 0 Å². The van der Waals surface area contributed by atoms with Crippen LogP contribution >= 0.6 is 0 Å². The van der Waals surface area contributed by atoms with Crippen molar-refractivity contribution in [3.05, 3.63) is 0 Å². The molecule has 1 aliphatic carbocycles. The maximum Gasteiger partial charge on any atom is 0.230 e. The zero-order chi connectivity index (χ0) is 12.0. The fraction of sp³-hybridized carbons (Fsp3) is 0.727. The molecular formula is C11H16N4O. The van der Waals surface area contributed by atoms with E-state index in [1.807, 2.05) is 12.1 Å². The Labute approximate surface area is 95.4 Å². The summed E-state index contributed by atoms with van der Waals surface area (Å²) in [5.74, 6) is 0.0144. The predicted molar refractivity (Wildman–Crippen MR) is 57.8 cm³/mol. The Morgan fingerprint density at radius 2 is 1.75 bits per heavy atom.